The molecule has 3 rings (SSSR count). The predicted octanol–water partition coefficient (Wildman–Crippen LogP) is 3.70. The summed E-state index contributed by atoms with van der Waals surface area (Å²) >= 11 is 5.35. The summed E-state index contributed by atoms with van der Waals surface area (Å²) in [7, 11) is 1.88. The molecule has 0 radical (unpaired) electrons. The molecule has 0 saturated heterocycles. The summed E-state index contributed by atoms with van der Waals surface area (Å²) in [5.41, 5.74) is 2.46. The summed E-state index contributed by atoms with van der Waals surface area (Å²) in [5, 5.41) is 3.11. The van der Waals surface area contributed by atoms with Crippen molar-refractivity contribution >= 4 is 24.6 Å². The van der Waals surface area contributed by atoms with Gasteiger partial charge in [0.1, 0.15) is 11.6 Å². The normalized spacial score (nSPS) is 17.0. The van der Waals surface area contributed by atoms with E-state index in [0.717, 1.165) is 23.7 Å². The van der Waals surface area contributed by atoms with Gasteiger partial charge in [-0.25, -0.2) is 8.78 Å². The molecule has 1 heterocycles. The van der Waals surface area contributed by atoms with Gasteiger partial charge in [-0.05, 0) is 55.7 Å². The fourth-order valence-electron chi connectivity index (χ4n) is 3.14. The molecule has 120 valence electrons. The van der Waals surface area contributed by atoms with Crippen LogP contribution >= 0.6 is 24.6 Å². The van der Waals surface area contributed by atoms with E-state index in [1.54, 1.807) is 0 Å². The highest BCUT2D eigenvalue weighted by atomic mass is 35.5. The maximum Gasteiger partial charge on any atom is 0.177 e. The first-order chi connectivity index (χ1) is 10.1. The molecule has 22 heavy (non-hydrogen) atoms. The fraction of sp³-hybridized carbons (Fsp3) is 0.400. The molecule has 0 amide bonds. The largest absolute Gasteiger partial charge is 0.337 e. The number of rotatable bonds is 3. The van der Waals surface area contributed by atoms with Gasteiger partial charge in [0.2, 0.25) is 0 Å². The van der Waals surface area contributed by atoms with Gasteiger partial charge in [-0.2, -0.15) is 0 Å². The lowest BCUT2D eigenvalue weighted by Gasteiger charge is -2.27. The Morgan fingerprint density at radius 3 is 2.91 bits per heavy atom. The average Bonchev–Trinajstić information content (AvgIpc) is 2.79. The Balaban J connectivity index is 0.00000176. The summed E-state index contributed by atoms with van der Waals surface area (Å²) < 4.78 is 29.9. The second-order valence-corrected chi connectivity index (χ2v) is 5.79. The lowest BCUT2D eigenvalue weighted by Crippen LogP contribution is -2.23. The van der Waals surface area contributed by atoms with Crippen molar-refractivity contribution in [2.75, 3.05) is 7.05 Å². The smallest absolute Gasteiger partial charge is 0.177 e. The van der Waals surface area contributed by atoms with Crippen molar-refractivity contribution in [3.05, 3.63) is 51.6 Å². The molecule has 1 aliphatic rings. The molecule has 7 heteroatoms. The molecule has 0 fully saturated rings. The molecule has 0 aliphatic heterocycles. The lowest BCUT2D eigenvalue weighted by atomic mass is 9.87. The van der Waals surface area contributed by atoms with Gasteiger partial charge in [0.05, 0.1) is 5.69 Å². The van der Waals surface area contributed by atoms with E-state index in [1.807, 2.05) is 13.2 Å². The lowest BCUT2D eigenvalue weighted by molar-refractivity contribution is 0.413. The summed E-state index contributed by atoms with van der Waals surface area (Å²) in [4.78, 5) is 3.06. The van der Waals surface area contributed by atoms with E-state index in [2.05, 4.69) is 14.9 Å². The number of aromatic nitrogens is 2. The molecular formula is C15H18ClF2N3S. The Bertz CT molecular complexity index is 726. The van der Waals surface area contributed by atoms with Gasteiger partial charge in [0.15, 0.2) is 4.77 Å². The van der Waals surface area contributed by atoms with E-state index < -0.39 is 11.6 Å². The minimum atomic E-state index is -0.514. The highest BCUT2D eigenvalue weighted by Crippen LogP contribution is 2.32. The highest BCUT2D eigenvalue weighted by molar-refractivity contribution is 7.71. The molecule has 2 aromatic rings. The Labute approximate surface area is 139 Å². The second-order valence-electron chi connectivity index (χ2n) is 5.41. The zero-order valence-electron chi connectivity index (χ0n) is 12.2. The van der Waals surface area contributed by atoms with E-state index in [-0.39, 0.29) is 18.4 Å². The molecule has 0 bridgehead atoms. The van der Waals surface area contributed by atoms with Crippen LogP contribution in [0.25, 0.3) is 0 Å². The van der Waals surface area contributed by atoms with Crippen LogP contribution in [0.5, 0.6) is 0 Å². The van der Waals surface area contributed by atoms with Crippen LogP contribution in [0, 0.1) is 16.4 Å². The zero-order valence-corrected chi connectivity index (χ0v) is 13.8. The number of nitrogens with zero attached hydrogens (tertiary/aromatic N) is 1. The first-order valence-corrected chi connectivity index (χ1v) is 7.41. The van der Waals surface area contributed by atoms with Crippen molar-refractivity contribution in [3.63, 3.8) is 0 Å². The van der Waals surface area contributed by atoms with E-state index >= 15 is 0 Å². The van der Waals surface area contributed by atoms with E-state index in [9.17, 15) is 8.78 Å². The Morgan fingerprint density at radius 2 is 2.18 bits per heavy atom. The van der Waals surface area contributed by atoms with Gasteiger partial charge in [-0.1, -0.05) is 0 Å². The van der Waals surface area contributed by atoms with Crippen molar-refractivity contribution in [2.45, 2.75) is 31.8 Å². The van der Waals surface area contributed by atoms with Gasteiger partial charge >= 0.3 is 0 Å². The average molecular weight is 346 g/mol. The third-order valence-electron chi connectivity index (χ3n) is 4.05. The van der Waals surface area contributed by atoms with Gasteiger partial charge in [0.25, 0.3) is 0 Å². The summed E-state index contributed by atoms with van der Waals surface area (Å²) in [5.74, 6) is -0.948. The van der Waals surface area contributed by atoms with Crippen LogP contribution in [0.1, 0.15) is 29.3 Å². The van der Waals surface area contributed by atoms with Gasteiger partial charge in [0, 0.05) is 24.8 Å². The molecule has 3 nitrogen and oxygen atoms in total. The van der Waals surface area contributed by atoms with Crippen LogP contribution < -0.4 is 5.32 Å². The first-order valence-electron chi connectivity index (χ1n) is 7.00. The number of benzene rings is 1. The molecule has 1 aromatic heterocycles. The third kappa shape index (κ3) is 3.09. The summed E-state index contributed by atoms with van der Waals surface area (Å²) in [6, 6.07) is 2.55. The highest BCUT2D eigenvalue weighted by Gasteiger charge is 2.25. The van der Waals surface area contributed by atoms with Crippen LogP contribution in [0.4, 0.5) is 8.78 Å². The number of hydrogen-bond donors (Lipinski definition) is 2. The first kappa shape index (κ1) is 17.1. The van der Waals surface area contributed by atoms with E-state index in [0.29, 0.717) is 29.7 Å². The van der Waals surface area contributed by atoms with Gasteiger partial charge in [-0.3, -0.25) is 0 Å². The van der Waals surface area contributed by atoms with Crippen LogP contribution in [0.15, 0.2) is 18.3 Å². The van der Waals surface area contributed by atoms with E-state index in [1.165, 1.54) is 6.07 Å². The van der Waals surface area contributed by atoms with E-state index in [4.69, 9.17) is 12.2 Å². The maximum absolute atomic E-state index is 13.8. The van der Waals surface area contributed by atoms with Gasteiger partial charge < -0.3 is 14.9 Å². The number of fused-ring (bicyclic) bond motifs is 1. The predicted molar refractivity (Wildman–Crippen MR) is 87.0 cm³/mol. The molecule has 0 saturated carbocycles. The SMILES string of the molecule is CNCc1c[nH]c(=S)n1C1CCc2c(F)cc(F)cc2C1.Cl. The number of imidazole rings is 1. The van der Waals surface area contributed by atoms with Crippen LogP contribution in [0.2, 0.25) is 0 Å². The number of hydrogen-bond acceptors (Lipinski definition) is 2. The van der Waals surface area contributed by atoms with Crippen molar-refractivity contribution in [1.29, 1.82) is 0 Å². The Kier molecular flexibility index (Phi) is 5.36. The number of aromatic amines is 1. The van der Waals surface area contributed by atoms with Gasteiger partial charge in [-0.15, -0.1) is 12.4 Å². The number of nitrogens with one attached hydrogen (secondary N) is 2. The zero-order chi connectivity index (χ0) is 15.0. The fourth-order valence-corrected chi connectivity index (χ4v) is 3.46. The minimum Gasteiger partial charge on any atom is -0.337 e. The Morgan fingerprint density at radius 1 is 1.41 bits per heavy atom. The third-order valence-corrected chi connectivity index (χ3v) is 4.36. The number of H-pyrrole nitrogens is 1. The van der Waals surface area contributed by atoms with Crippen LogP contribution in [0.3, 0.4) is 0 Å². The molecule has 1 aromatic carbocycles. The molecule has 2 N–H and O–H groups in total. The summed E-state index contributed by atoms with van der Waals surface area (Å²) in [6.07, 6.45) is 3.91. The Hall–Kier alpha value is -1.24. The quantitative estimate of drug-likeness (QED) is 0.832. The van der Waals surface area contributed by atoms with Crippen molar-refractivity contribution < 1.29 is 8.78 Å². The monoisotopic (exact) mass is 345 g/mol. The van der Waals surface area contributed by atoms with Crippen LogP contribution in [-0.4, -0.2) is 16.6 Å². The van der Waals surface area contributed by atoms with Crippen molar-refractivity contribution in [3.8, 4) is 0 Å². The molecular weight excluding hydrogens is 328 g/mol. The molecule has 1 aliphatic carbocycles. The summed E-state index contributed by atoms with van der Waals surface area (Å²) in [6.45, 7) is 0.702. The topological polar surface area (TPSA) is 32.8 Å². The number of halogens is 3. The molecule has 1 unspecified atom stereocenters. The molecule has 1 atom stereocenters. The molecule has 0 spiro atoms. The standard InChI is InChI=1S/C15H17F2N3S.ClH/c1-18-7-12-8-19-15(21)20(12)11-2-3-13-9(5-11)4-10(16)6-14(13)17;/h4,6,8,11,18H,2-3,5,7H2,1H3,(H,19,21);1H. The minimum absolute atomic E-state index is 0. The van der Waals surface area contributed by atoms with Crippen LogP contribution in [-0.2, 0) is 19.4 Å². The van der Waals surface area contributed by atoms with Crippen molar-refractivity contribution in [2.24, 2.45) is 0 Å². The second kappa shape index (κ2) is 6.89. The maximum atomic E-state index is 13.8. The van der Waals surface area contributed by atoms with Crippen molar-refractivity contribution in [1.82, 2.24) is 14.9 Å².